The number of hydrogen-bond acceptors (Lipinski definition) is 4. The van der Waals surface area contributed by atoms with Crippen LogP contribution >= 0.6 is 0 Å². The molecule has 1 heterocycles. The van der Waals surface area contributed by atoms with Crippen molar-refractivity contribution < 1.29 is 14.4 Å². The van der Waals surface area contributed by atoms with E-state index in [2.05, 4.69) is 10.6 Å². The zero-order valence-electron chi connectivity index (χ0n) is 18.2. The van der Waals surface area contributed by atoms with Gasteiger partial charge < -0.3 is 15.5 Å². The van der Waals surface area contributed by atoms with Crippen LogP contribution in [-0.2, 0) is 16.0 Å². The lowest BCUT2D eigenvalue weighted by Gasteiger charge is -2.34. The second-order valence-electron chi connectivity index (χ2n) is 7.81. The van der Waals surface area contributed by atoms with E-state index < -0.39 is 0 Å². The first-order valence-electron chi connectivity index (χ1n) is 10.7. The van der Waals surface area contributed by atoms with Crippen LogP contribution in [0.15, 0.2) is 48.5 Å². The average Bonchev–Trinajstić information content (AvgIpc) is 2.76. The van der Waals surface area contributed by atoms with Crippen molar-refractivity contribution in [3.05, 3.63) is 65.2 Å². The smallest absolute Gasteiger partial charge is 0.251 e. The van der Waals surface area contributed by atoms with Crippen LogP contribution in [0.4, 0.5) is 5.69 Å². The Kier molecular flexibility index (Phi) is 7.78. The van der Waals surface area contributed by atoms with Crippen LogP contribution in [0.2, 0.25) is 0 Å². The Morgan fingerprint density at radius 1 is 0.968 bits per heavy atom. The Balaban J connectivity index is 1.44. The fourth-order valence-corrected chi connectivity index (χ4v) is 3.55. The van der Waals surface area contributed by atoms with E-state index in [1.807, 2.05) is 47.9 Å². The maximum Gasteiger partial charge on any atom is 0.251 e. The van der Waals surface area contributed by atoms with Crippen LogP contribution < -0.4 is 10.6 Å². The van der Waals surface area contributed by atoms with Crippen LogP contribution in [-0.4, -0.2) is 66.8 Å². The summed E-state index contributed by atoms with van der Waals surface area (Å²) in [6, 6.07) is 14.9. The third-order valence-electron chi connectivity index (χ3n) is 5.31. The molecule has 0 spiro atoms. The van der Waals surface area contributed by atoms with E-state index in [1.165, 1.54) is 5.56 Å². The van der Waals surface area contributed by atoms with E-state index in [-0.39, 0.29) is 24.3 Å². The third-order valence-corrected chi connectivity index (χ3v) is 5.31. The highest BCUT2D eigenvalue weighted by atomic mass is 16.2. The van der Waals surface area contributed by atoms with Gasteiger partial charge in [0.05, 0.1) is 13.0 Å². The first-order chi connectivity index (χ1) is 14.9. The Bertz CT molecular complexity index is 919. The molecule has 0 unspecified atom stereocenters. The first-order valence-corrected chi connectivity index (χ1v) is 10.7. The van der Waals surface area contributed by atoms with Crippen molar-refractivity contribution in [1.29, 1.82) is 0 Å². The van der Waals surface area contributed by atoms with Gasteiger partial charge in [0, 0.05) is 44.0 Å². The molecule has 1 aliphatic rings. The Morgan fingerprint density at radius 2 is 1.68 bits per heavy atom. The fourth-order valence-electron chi connectivity index (χ4n) is 3.55. The summed E-state index contributed by atoms with van der Waals surface area (Å²) in [5, 5.41) is 5.60. The summed E-state index contributed by atoms with van der Waals surface area (Å²) in [5.41, 5.74) is 3.31. The second-order valence-corrected chi connectivity index (χ2v) is 7.81. The first kappa shape index (κ1) is 22.5. The minimum Gasteiger partial charge on any atom is -0.352 e. The standard InChI is InChI=1S/C24H30N4O3/c1-3-25-24(31)20-5-4-6-21(16-20)26-22(29)17-27-11-13-28(14-12-27)23(30)15-19-9-7-18(2)8-10-19/h4-10,16H,3,11-15,17H2,1-2H3,(H,25,31)(H,26,29). The summed E-state index contributed by atoms with van der Waals surface area (Å²) < 4.78 is 0. The number of carbonyl (C=O) groups excluding carboxylic acids is 3. The molecule has 0 bridgehead atoms. The normalized spacial score (nSPS) is 14.2. The number of piperazine rings is 1. The van der Waals surface area contributed by atoms with Gasteiger partial charge in [-0.25, -0.2) is 0 Å². The largest absolute Gasteiger partial charge is 0.352 e. The molecule has 7 heteroatoms. The van der Waals surface area contributed by atoms with Crippen molar-refractivity contribution in [2.75, 3.05) is 44.6 Å². The molecule has 2 aromatic carbocycles. The highest BCUT2D eigenvalue weighted by Crippen LogP contribution is 2.12. The van der Waals surface area contributed by atoms with Crippen LogP contribution in [0, 0.1) is 6.92 Å². The van der Waals surface area contributed by atoms with E-state index in [1.54, 1.807) is 24.3 Å². The SMILES string of the molecule is CCNC(=O)c1cccc(NC(=O)CN2CCN(C(=O)Cc3ccc(C)cc3)CC2)c1. The maximum atomic E-state index is 12.6. The molecule has 0 atom stereocenters. The molecule has 1 aliphatic heterocycles. The van der Waals surface area contributed by atoms with Crippen molar-refractivity contribution in [1.82, 2.24) is 15.1 Å². The van der Waals surface area contributed by atoms with Gasteiger partial charge >= 0.3 is 0 Å². The predicted octanol–water partition coefficient (Wildman–Crippen LogP) is 2.07. The molecule has 164 valence electrons. The van der Waals surface area contributed by atoms with Gasteiger partial charge in [0.25, 0.3) is 5.91 Å². The van der Waals surface area contributed by atoms with Gasteiger partial charge in [-0.2, -0.15) is 0 Å². The molecule has 1 fully saturated rings. The van der Waals surface area contributed by atoms with Crippen molar-refractivity contribution in [2.24, 2.45) is 0 Å². The summed E-state index contributed by atoms with van der Waals surface area (Å²) in [7, 11) is 0. The number of nitrogens with one attached hydrogen (secondary N) is 2. The zero-order valence-corrected chi connectivity index (χ0v) is 18.2. The predicted molar refractivity (Wildman–Crippen MR) is 121 cm³/mol. The molecule has 0 aromatic heterocycles. The molecular formula is C24H30N4O3. The molecular weight excluding hydrogens is 392 g/mol. The lowest BCUT2D eigenvalue weighted by atomic mass is 10.1. The van der Waals surface area contributed by atoms with Crippen LogP contribution in [0.5, 0.6) is 0 Å². The number of hydrogen-bond donors (Lipinski definition) is 2. The number of nitrogens with zero attached hydrogens (tertiary/aromatic N) is 2. The highest BCUT2D eigenvalue weighted by molar-refractivity contribution is 5.97. The van der Waals surface area contributed by atoms with Gasteiger partial charge in [-0.05, 0) is 37.6 Å². The molecule has 3 rings (SSSR count). The minimum atomic E-state index is -0.162. The molecule has 2 N–H and O–H groups in total. The molecule has 0 saturated carbocycles. The minimum absolute atomic E-state index is 0.120. The van der Waals surface area contributed by atoms with E-state index in [4.69, 9.17) is 0 Å². The van der Waals surface area contributed by atoms with E-state index in [0.717, 1.165) is 5.56 Å². The van der Waals surface area contributed by atoms with Gasteiger partial charge in [0.1, 0.15) is 0 Å². The van der Waals surface area contributed by atoms with Gasteiger partial charge in [0.15, 0.2) is 0 Å². The number of amides is 3. The lowest BCUT2D eigenvalue weighted by Crippen LogP contribution is -2.50. The summed E-state index contributed by atoms with van der Waals surface area (Å²) in [6.07, 6.45) is 0.405. The summed E-state index contributed by atoms with van der Waals surface area (Å²) in [4.78, 5) is 40.8. The number of aryl methyl sites for hydroxylation is 1. The fraction of sp³-hybridized carbons (Fsp3) is 0.375. The molecule has 3 amide bonds. The summed E-state index contributed by atoms with van der Waals surface area (Å²) in [5.74, 6) is -0.173. The number of anilines is 1. The van der Waals surface area contributed by atoms with E-state index >= 15 is 0 Å². The van der Waals surface area contributed by atoms with Gasteiger partial charge in [-0.15, -0.1) is 0 Å². The Labute approximate surface area is 183 Å². The monoisotopic (exact) mass is 422 g/mol. The van der Waals surface area contributed by atoms with Crippen LogP contribution in [0.3, 0.4) is 0 Å². The quantitative estimate of drug-likeness (QED) is 0.716. The van der Waals surface area contributed by atoms with Gasteiger partial charge in [-0.1, -0.05) is 35.9 Å². The third kappa shape index (κ3) is 6.65. The van der Waals surface area contributed by atoms with Gasteiger partial charge in [0.2, 0.25) is 11.8 Å². The summed E-state index contributed by atoms with van der Waals surface area (Å²) in [6.45, 7) is 7.24. The number of carbonyl (C=O) groups is 3. The van der Waals surface area contributed by atoms with Crippen LogP contribution in [0.25, 0.3) is 0 Å². The molecule has 31 heavy (non-hydrogen) atoms. The molecule has 0 aliphatic carbocycles. The lowest BCUT2D eigenvalue weighted by molar-refractivity contribution is -0.132. The number of rotatable bonds is 7. The zero-order chi connectivity index (χ0) is 22.2. The highest BCUT2D eigenvalue weighted by Gasteiger charge is 2.22. The van der Waals surface area contributed by atoms with Crippen molar-refractivity contribution >= 4 is 23.4 Å². The second kappa shape index (κ2) is 10.7. The maximum absolute atomic E-state index is 12.6. The molecule has 0 radical (unpaired) electrons. The molecule has 1 saturated heterocycles. The van der Waals surface area contributed by atoms with Crippen molar-refractivity contribution in [3.8, 4) is 0 Å². The van der Waals surface area contributed by atoms with Crippen LogP contribution in [0.1, 0.15) is 28.4 Å². The number of benzene rings is 2. The Morgan fingerprint density at radius 3 is 2.35 bits per heavy atom. The van der Waals surface area contributed by atoms with Crippen molar-refractivity contribution in [3.63, 3.8) is 0 Å². The molecule has 7 nitrogen and oxygen atoms in total. The van der Waals surface area contributed by atoms with Gasteiger partial charge in [-0.3, -0.25) is 19.3 Å². The summed E-state index contributed by atoms with van der Waals surface area (Å²) >= 11 is 0. The average molecular weight is 423 g/mol. The Hall–Kier alpha value is -3.19. The van der Waals surface area contributed by atoms with Crippen molar-refractivity contribution in [2.45, 2.75) is 20.3 Å². The molecule has 2 aromatic rings. The topological polar surface area (TPSA) is 81.8 Å². The van der Waals surface area contributed by atoms with E-state index in [0.29, 0.717) is 50.4 Å². The van der Waals surface area contributed by atoms with E-state index in [9.17, 15) is 14.4 Å².